The average molecular weight is 279 g/mol. The van der Waals surface area contributed by atoms with Crippen molar-refractivity contribution in [3.63, 3.8) is 0 Å². The van der Waals surface area contributed by atoms with Crippen molar-refractivity contribution in [2.75, 3.05) is 10.6 Å². The third kappa shape index (κ3) is 3.51. The number of amides is 1. The molecule has 0 saturated heterocycles. The molecule has 0 saturated carbocycles. The highest BCUT2D eigenvalue weighted by Crippen LogP contribution is 2.21. The van der Waals surface area contributed by atoms with E-state index in [1.54, 1.807) is 11.6 Å². The van der Waals surface area contributed by atoms with Gasteiger partial charge in [-0.2, -0.15) is 0 Å². The van der Waals surface area contributed by atoms with Crippen molar-refractivity contribution < 1.29 is 9.18 Å². The average Bonchev–Trinajstić information content (AvgIpc) is 2.75. The minimum Gasteiger partial charge on any atom is -0.378 e. The van der Waals surface area contributed by atoms with Gasteiger partial charge in [0, 0.05) is 17.5 Å². The van der Waals surface area contributed by atoms with Crippen molar-refractivity contribution in [1.29, 1.82) is 0 Å². The van der Waals surface area contributed by atoms with E-state index in [0.717, 1.165) is 10.6 Å². The van der Waals surface area contributed by atoms with E-state index in [2.05, 4.69) is 15.6 Å². The van der Waals surface area contributed by atoms with Crippen LogP contribution in [0.1, 0.15) is 17.5 Å². The summed E-state index contributed by atoms with van der Waals surface area (Å²) >= 11 is 1.52. The highest BCUT2D eigenvalue weighted by Gasteiger charge is 2.06. The predicted octanol–water partition coefficient (Wildman–Crippen LogP) is 3.16. The van der Waals surface area contributed by atoms with E-state index in [4.69, 9.17) is 0 Å². The topological polar surface area (TPSA) is 54.0 Å². The molecule has 0 aliphatic rings. The first-order chi connectivity index (χ1) is 9.06. The summed E-state index contributed by atoms with van der Waals surface area (Å²) in [6, 6.07) is 4.43. The number of anilines is 2. The number of hydrogen-bond donors (Lipinski definition) is 2. The van der Waals surface area contributed by atoms with Crippen LogP contribution in [0.5, 0.6) is 0 Å². The molecule has 0 spiro atoms. The van der Waals surface area contributed by atoms with Gasteiger partial charge in [0.15, 0.2) is 0 Å². The summed E-state index contributed by atoms with van der Waals surface area (Å²) in [6.07, 6.45) is 0. The Kier molecular flexibility index (Phi) is 4.11. The molecule has 0 aliphatic carbocycles. The molecule has 2 N–H and O–H groups in total. The van der Waals surface area contributed by atoms with E-state index in [1.807, 2.05) is 6.92 Å². The van der Waals surface area contributed by atoms with Crippen LogP contribution in [0.2, 0.25) is 0 Å². The fourth-order valence-electron chi connectivity index (χ4n) is 1.61. The van der Waals surface area contributed by atoms with Crippen LogP contribution in [0.3, 0.4) is 0 Å². The molecule has 6 heteroatoms. The fraction of sp³-hybridized carbons (Fsp3) is 0.231. The second-order valence-electron chi connectivity index (χ2n) is 4.09. The molecule has 19 heavy (non-hydrogen) atoms. The molecule has 0 aliphatic heterocycles. The van der Waals surface area contributed by atoms with Crippen molar-refractivity contribution in [3.05, 3.63) is 40.1 Å². The van der Waals surface area contributed by atoms with Gasteiger partial charge < -0.3 is 10.6 Å². The molecule has 4 nitrogen and oxygen atoms in total. The van der Waals surface area contributed by atoms with Crippen molar-refractivity contribution >= 4 is 28.6 Å². The summed E-state index contributed by atoms with van der Waals surface area (Å²) in [4.78, 5) is 16.2. The molecule has 2 aromatic rings. The van der Waals surface area contributed by atoms with Gasteiger partial charge in [0.1, 0.15) is 5.82 Å². The maximum atomic E-state index is 13.6. The SMILES string of the molecule is CC(=O)Nc1ccc(F)c(NCc2scnc2C)c1. The van der Waals surface area contributed by atoms with Crippen molar-refractivity contribution in [3.8, 4) is 0 Å². The molecular formula is C13H14FN3OS. The number of rotatable bonds is 4. The normalized spacial score (nSPS) is 10.3. The van der Waals surface area contributed by atoms with E-state index in [1.165, 1.54) is 30.4 Å². The molecular weight excluding hydrogens is 265 g/mol. The number of halogens is 1. The molecule has 0 radical (unpaired) electrons. The van der Waals surface area contributed by atoms with E-state index in [0.29, 0.717) is 17.9 Å². The lowest BCUT2D eigenvalue weighted by Gasteiger charge is -2.09. The molecule has 1 aromatic carbocycles. The maximum absolute atomic E-state index is 13.6. The fourth-order valence-corrected chi connectivity index (χ4v) is 2.33. The minimum absolute atomic E-state index is 0.184. The number of nitrogens with one attached hydrogen (secondary N) is 2. The Bertz CT molecular complexity index is 597. The van der Waals surface area contributed by atoms with Gasteiger partial charge in [-0.3, -0.25) is 4.79 Å². The summed E-state index contributed by atoms with van der Waals surface area (Å²) in [5.41, 5.74) is 3.63. The minimum atomic E-state index is -0.351. The Morgan fingerprint density at radius 2 is 2.26 bits per heavy atom. The Balaban J connectivity index is 2.11. The van der Waals surface area contributed by atoms with Crippen LogP contribution in [0, 0.1) is 12.7 Å². The third-order valence-corrected chi connectivity index (χ3v) is 3.51. The number of aryl methyl sites for hydroxylation is 1. The second kappa shape index (κ2) is 5.79. The Morgan fingerprint density at radius 3 is 2.89 bits per heavy atom. The highest BCUT2D eigenvalue weighted by atomic mass is 32.1. The van der Waals surface area contributed by atoms with Crippen LogP contribution < -0.4 is 10.6 Å². The Hall–Kier alpha value is -1.95. The second-order valence-corrected chi connectivity index (χ2v) is 5.03. The standard InChI is InChI=1S/C13H14FN3OS/c1-8-13(19-7-16-8)6-15-12-5-10(17-9(2)18)3-4-11(12)14/h3-5,7,15H,6H2,1-2H3,(H,17,18). The Morgan fingerprint density at radius 1 is 1.47 bits per heavy atom. The first-order valence-electron chi connectivity index (χ1n) is 5.76. The summed E-state index contributed by atoms with van der Waals surface area (Å²) < 4.78 is 13.6. The van der Waals surface area contributed by atoms with Gasteiger partial charge in [0.2, 0.25) is 5.91 Å². The van der Waals surface area contributed by atoms with Crippen LogP contribution in [0.25, 0.3) is 0 Å². The largest absolute Gasteiger partial charge is 0.378 e. The van der Waals surface area contributed by atoms with Crippen LogP contribution in [0.4, 0.5) is 15.8 Å². The lowest BCUT2D eigenvalue weighted by molar-refractivity contribution is -0.114. The van der Waals surface area contributed by atoms with Gasteiger partial charge >= 0.3 is 0 Å². The number of nitrogens with zero attached hydrogens (tertiary/aromatic N) is 1. The van der Waals surface area contributed by atoms with E-state index in [9.17, 15) is 9.18 Å². The predicted molar refractivity (Wildman–Crippen MR) is 74.9 cm³/mol. The van der Waals surface area contributed by atoms with E-state index >= 15 is 0 Å². The number of carbonyl (C=O) groups is 1. The van der Waals surface area contributed by atoms with E-state index < -0.39 is 0 Å². The molecule has 0 fully saturated rings. The monoisotopic (exact) mass is 279 g/mol. The van der Waals surface area contributed by atoms with Gasteiger partial charge in [0.05, 0.1) is 23.4 Å². The van der Waals surface area contributed by atoms with E-state index in [-0.39, 0.29) is 11.7 Å². The van der Waals surface area contributed by atoms with Crippen LogP contribution in [0.15, 0.2) is 23.7 Å². The van der Waals surface area contributed by atoms with Gasteiger partial charge in [-0.1, -0.05) is 0 Å². The van der Waals surface area contributed by atoms with Gasteiger partial charge in [-0.15, -0.1) is 11.3 Å². The van der Waals surface area contributed by atoms with Crippen molar-refractivity contribution in [2.45, 2.75) is 20.4 Å². The Labute approximate surface area is 114 Å². The molecule has 0 bridgehead atoms. The molecule has 0 unspecified atom stereocenters. The van der Waals surface area contributed by atoms with Gasteiger partial charge in [-0.25, -0.2) is 9.37 Å². The molecule has 0 atom stereocenters. The maximum Gasteiger partial charge on any atom is 0.221 e. The van der Waals surface area contributed by atoms with Crippen molar-refractivity contribution in [1.82, 2.24) is 4.98 Å². The van der Waals surface area contributed by atoms with Gasteiger partial charge in [-0.05, 0) is 25.1 Å². The van der Waals surface area contributed by atoms with Crippen LogP contribution in [-0.2, 0) is 11.3 Å². The first kappa shape index (κ1) is 13.5. The lowest BCUT2D eigenvalue weighted by Crippen LogP contribution is -2.07. The summed E-state index contributed by atoms with van der Waals surface area (Å²) in [6.45, 7) is 3.84. The zero-order valence-electron chi connectivity index (χ0n) is 10.7. The third-order valence-electron chi connectivity index (χ3n) is 2.57. The number of benzene rings is 1. The lowest BCUT2D eigenvalue weighted by atomic mass is 10.2. The number of carbonyl (C=O) groups excluding carboxylic acids is 1. The van der Waals surface area contributed by atoms with Gasteiger partial charge in [0.25, 0.3) is 0 Å². The molecule has 1 amide bonds. The molecule has 1 aromatic heterocycles. The number of aromatic nitrogens is 1. The molecule has 2 rings (SSSR count). The van der Waals surface area contributed by atoms with Crippen LogP contribution >= 0.6 is 11.3 Å². The smallest absolute Gasteiger partial charge is 0.221 e. The quantitative estimate of drug-likeness (QED) is 0.904. The summed E-state index contributed by atoms with van der Waals surface area (Å²) in [5, 5.41) is 5.64. The first-order valence-corrected chi connectivity index (χ1v) is 6.64. The molecule has 1 heterocycles. The van der Waals surface area contributed by atoms with Crippen LogP contribution in [-0.4, -0.2) is 10.9 Å². The zero-order chi connectivity index (χ0) is 13.8. The summed E-state index contributed by atoms with van der Waals surface area (Å²) in [7, 11) is 0. The highest BCUT2D eigenvalue weighted by molar-refractivity contribution is 7.09. The number of thiazole rings is 1. The summed E-state index contributed by atoms with van der Waals surface area (Å²) in [5.74, 6) is -0.535. The molecule has 100 valence electrons. The zero-order valence-corrected chi connectivity index (χ0v) is 11.5. The number of hydrogen-bond acceptors (Lipinski definition) is 4. The van der Waals surface area contributed by atoms with Crippen molar-refractivity contribution in [2.24, 2.45) is 0 Å².